The summed E-state index contributed by atoms with van der Waals surface area (Å²) in [6, 6.07) is 7.49. The van der Waals surface area contributed by atoms with E-state index in [0.717, 1.165) is 5.75 Å². The van der Waals surface area contributed by atoms with E-state index in [9.17, 15) is 9.59 Å². The van der Waals surface area contributed by atoms with E-state index in [0.29, 0.717) is 24.6 Å². The third kappa shape index (κ3) is 3.25. The Hall–Kier alpha value is -3.49. The molecule has 0 radical (unpaired) electrons. The van der Waals surface area contributed by atoms with Crippen LogP contribution in [0.25, 0.3) is 0 Å². The number of nitrogens with one attached hydrogen (secondary N) is 3. The summed E-state index contributed by atoms with van der Waals surface area (Å²) >= 11 is 0. The minimum Gasteiger partial charge on any atom is -0.486 e. The average molecular weight is 341 g/mol. The number of aromatic nitrogens is 4. The lowest BCUT2D eigenvalue weighted by molar-refractivity contribution is 0.0759. The molecule has 3 aromatic rings. The molecule has 0 bridgehead atoms. The predicted molar refractivity (Wildman–Crippen MR) is 87.9 cm³/mol. The summed E-state index contributed by atoms with van der Waals surface area (Å²) in [6.45, 7) is 0.897. The van der Waals surface area contributed by atoms with Crippen LogP contribution in [0.4, 0.5) is 5.69 Å². The minimum absolute atomic E-state index is 0.151. The van der Waals surface area contributed by atoms with E-state index in [2.05, 4.69) is 20.4 Å². The summed E-state index contributed by atoms with van der Waals surface area (Å²) in [5.74, 6) is 1.01. The fraction of sp³-hybridized carbons (Fsp3) is 0.188. The second kappa shape index (κ2) is 6.19. The maximum atomic E-state index is 12.0. The zero-order valence-electron chi connectivity index (χ0n) is 13.1. The van der Waals surface area contributed by atoms with E-state index in [1.807, 2.05) is 24.3 Å². The highest BCUT2D eigenvalue weighted by Gasteiger charge is 2.21. The number of fused-ring (bicyclic) bond motifs is 1. The molecule has 0 saturated carbocycles. The van der Waals surface area contributed by atoms with Crippen LogP contribution >= 0.6 is 0 Å². The average Bonchev–Trinajstić information content (AvgIpc) is 3.24. The number of aromatic amines is 2. The van der Waals surface area contributed by atoms with E-state index in [-0.39, 0.29) is 11.8 Å². The molecule has 0 aliphatic carbocycles. The molecular formula is C16H15N5O4. The van der Waals surface area contributed by atoms with E-state index >= 15 is 0 Å². The lowest BCUT2D eigenvalue weighted by atomic mass is 10.2. The van der Waals surface area contributed by atoms with Crippen molar-refractivity contribution in [1.29, 1.82) is 0 Å². The van der Waals surface area contributed by atoms with Crippen LogP contribution in [0, 0.1) is 0 Å². The van der Waals surface area contributed by atoms with Gasteiger partial charge in [-0.3, -0.25) is 9.48 Å². The Balaban J connectivity index is 1.39. The number of imidazole rings is 1. The molecule has 9 heteroatoms. The molecule has 25 heavy (non-hydrogen) atoms. The zero-order valence-corrected chi connectivity index (χ0v) is 13.1. The first-order valence-electron chi connectivity index (χ1n) is 7.67. The van der Waals surface area contributed by atoms with Gasteiger partial charge >= 0.3 is 5.69 Å². The molecule has 1 amide bonds. The minimum atomic E-state index is -0.435. The summed E-state index contributed by atoms with van der Waals surface area (Å²) in [6.07, 6.45) is 4.35. The Morgan fingerprint density at radius 2 is 2.20 bits per heavy atom. The maximum Gasteiger partial charge on any atom is 0.323 e. The Bertz CT molecular complexity index is 957. The first kappa shape index (κ1) is 15.1. The largest absolute Gasteiger partial charge is 0.486 e. The molecule has 9 nitrogen and oxygen atoms in total. The van der Waals surface area contributed by atoms with Crippen molar-refractivity contribution in [1.82, 2.24) is 19.7 Å². The second-order valence-electron chi connectivity index (χ2n) is 5.56. The van der Waals surface area contributed by atoms with Crippen molar-refractivity contribution in [3.05, 3.63) is 59.0 Å². The lowest BCUT2D eigenvalue weighted by Gasteiger charge is -2.26. The predicted octanol–water partition coefficient (Wildman–Crippen LogP) is 0.992. The monoisotopic (exact) mass is 341 g/mol. The van der Waals surface area contributed by atoms with Crippen LogP contribution < -0.4 is 20.5 Å². The molecule has 1 aliphatic heterocycles. The van der Waals surface area contributed by atoms with E-state index in [1.165, 1.54) is 12.4 Å². The number of benzene rings is 1. The van der Waals surface area contributed by atoms with Gasteiger partial charge in [-0.05, 0) is 12.1 Å². The maximum absolute atomic E-state index is 12.0. The number of ether oxygens (including phenoxy) is 2. The van der Waals surface area contributed by atoms with Crippen LogP contribution in [0.2, 0.25) is 0 Å². The van der Waals surface area contributed by atoms with Crippen molar-refractivity contribution in [3.63, 3.8) is 0 Å². The number of carbonyl (C=O) groups is 1. The normalized spacial score (nSPS) is 15.8. The van der Waals surface area contributed by atoms with Gasteiger partial charge in [0.1, 0.15) is 12.3 Å². The number of amides is 1. The number of rotatable bonds is 4. The van der Waals surface area contributed by atoms with Crippen LogP contribution in [-0.4, -0.2) is 38.4 Å². The van der Waals surface area contributed by atoms with Gasteiger partial charge in [-0.15, -0.1) is 0 Å². The van der Waals surface area contributed by atoms with Gasteiger partial charge < -0.3 is 24.8 Å². The fourth-order valence-corrected chi connectivity index (χ4v) is 2.54. The Labute approximate surface area is 141 Å². The number of carbonyl (C=O) groups excluding carboxylic acids is 1. The Morgan fingerprint density at radius 1 is 1.36 bits per heavy atom. The van der Waals surface area contributed by atoms with Crippen molar-refractivity contribution >= 4 is 11.6 Å². The van der Waals surface area contributed by atoms with Gasteiger partial charge in [0.05, 0.1) is 18.4 Å². The molecule has 3 N–H and O–H groups in total. The van der Waals surface area contributed by atoms with Gasteiger partial charge in [0.15, 0.2) is 17.6 Å². The molecule has 0 spiro atoms. The molecule has 0 unspecified atom stereocenters. The molecule has 0 fully saturated rings. The molecule has 0 saturated heterocycles. The first-order valence-corrected chi connectivity index (χ1v) is 7.67. The summed E-state index contributed by atoms with van der Waals surface area (Å²) in [7, 11) is 0. The molecule has 1 aliphatic rings. The second-order valence-corrected chi connectivity index (χ2v) is 5.56. The molecule has 4 rings (SSSR count). The van der Waals surface area contributed by atoms with Crippen molar-refractivity contribution < 1.29 is 14.3 Å². The summed E-state index contributed by atoms with van der Waals surface area (Å²) in [5.41, 5.74) is 0.234. The smallest absolute Gasteiger partial charge is 0.323 e. The summed E-state index contributed by atoms with van der Waals surface area (Å²) < 4.78 is 13.2. The highest BCUT2D eigenvalue weighted by molar-refractivity contribution is 6.02. The van der Waals surface area contributed by atoms with Crippen molar-refractivity contribution in [2.24, 2.45) is 0 Å². The number of hydrogen-bond donors (Lipinski definition) is 3. The number of anilines is 1. The molecule has 1 aromatic carbocycles. The van der Waals surface area contributed by atoms with Crippen LogP contribution in [0.3, 0.4) is 0 Å². The van der Waals surface area contributed by atoms with Crippen LogP contribution in [0.15, 0.2) is 47.7 Å². The quantitative estimate of drug-likeness (QED) is 0.655. The first-order chi connectivity index (χ1) is 12.2. The van der Waals surface area contributed by atoms with Crippen LogP contribution in [-0.2, 0) is 6.54 Å². The van der Waals surface area contributed by atoms with Crippen LogP contribution in [0.5, 0.6) is 11.5 Å². The number of nitrogens with zero attached hydrogens (tertiary/aromatic N) is 2. The van der Waals surface area contributed by atoms with Gasteiger partial charge in [-0.2, -0.15) is 5.10 Å². The standard InChI is InChI=1S/C16H15N5O4/c22-15(12-6-17-16(23)20-12)19-10-5-18-21(7-10)8-11-9-24-13-3-1-2-4-14(13)25-11/h1-7,11H,8-9H2,(H,19,22)(H2,17,20,23)/t11-/m0/s1. The third-order valence-corrected chi connectivity index (χ3v) is 3.69. The number of hydrogen-bond acceptors (Lipinski definition) is 5. The number of para-hydroxylation sites is 2. The molecule has 2 aromatic heterocycles. The molecular weight excluding hydrogens is 326 g/mol. The van der Waals surface area contributed by atoms with Crippen molar-refractivity contribution in [2.75, 3.05) is 11.9 Å². The molecule has 3 heterocycles. The molecule has 128 valence electrons. The lowest BCUT2D eigenvalue weighted by Crippen LogP contribution is -2.33. The van der Waals surface area contributed by atoms with Gasteiger partial charge in [0.2, 0.25) is 0 Å². The van der Waals surface area contributed by atoms with Crippen molar-refractivity contribution in [2.45, 2.75) is 12.6 Å². The summed E-state index contributed by atoms with van der Waals surface area (Å²) in [4.78, 5) is 27.8. The zero-order chi connectivity index (χ0) is 17.2. The van der Waals surface area contributed by atoms with Crippen LogP contribution in [0.1, 0.15) is 10.5 Å². The SMILES string of the molecule is O=C(Nc1cnn(C[C@H]2COc3ccccc3O2)c1)c1c[nH]c(=O)[nH]1. The van der Waals surface area contributed by atoms with E-state index in [1.54, 1.807) is 10.9 Å². The highest BCUT2D eigenvalue weighted by Crippen LogP contribution is 2.31. The van der Waals surface area contributed by atoms with Gasteiger partial charge in [0.25, 0.3) is 5.91 Å². The number of H-pyrrole nitrogens is 2. The fourth-order valence-electron chi connectivity index (χ4n) is 2.54. The third-order valence-electron chi connectivity index (χ3n) is 3.69. The van der Waals surface area contributed by atoms with E-state index in [4.69, 9.17) is 9.47 Å². The topological polar surface area (TPSA) is 114 Å². The Kier molecular flexibility index (Phi) is 3.73. The highest BCUT2D eigenvalue weighted by atomic mass is 16.6. The van der Waals surface area contributed by atoms with Gasteiger partial charge in [0, 0.05) is 12.4 Å². The summed E-state index contributed by atoms with van der Waals surface area (Å²) in [5, 5.41) is 6.87. The van der Waals surface area contributed by atoms with E-state index < -0.39 is 11.6 Å². The van der Waals surface area contributed by atoms with Crippen molar-refractivity contribution in [3.8, 4) is 11.5 Å². The van der Waals surface area contributed by atoms with Gasteiger partial charge in [-0.25, -0.2) is 4.79 Å². The van der Waals surface area contributed by atoms with Gasteiger partial charge in [-0.1, -0.05) is 12.1 Å². The Morgan fingerprint density at radius 3 is 3.00 bits per heavy atom. The molecule has 1 atom stereocenters.